The fraction of sp³-hybridized carbons (Fsp3) is 0.333. The van der Waals surface area contributed by atoms with Crippen molar-refractivity contribution in [1.82, 2.24) is 9.13 Å². The van der Waals surface area contributed by atoms with Crippen LogP contribution in [0, 0.1) is 0 Å². The van der Waals surface area contributed by atoms with Gasteiger partial charge in [0.05, 0.1) is 11.4 Å². The van der Waals surface area contributed by atoms with E-state index in [1.165, 1.54) is 0 Å². The number of unbranched alkanes of at least 4 members (excludes halogenated alkanes) is 5. The number of aryl methyl sites for hydroxylation is 1. The fourth-order valence-electron chi connectivity index (χ4n) is 3.57. The van der Waals surface area contributed by atoms with Gasteiger partial charge in [-0.05, 0) is 37.1 Å². The Hall–Kier alpha value is -2.79. The maximum Gasteiger partial charge on any atom is 0.333 e. The summed E-state index contributed by atoms with van der Waals surface area (Å²) in [5, 5.41) is 9.30. The highest BCUT2D eigenvalue weighted by atomic mass is 35.5. The highest BCUT2D eigenvalue weighted by Gasteiger charge is 2.14. The lowest BCUT2D eigenvalue weighted by atomic mass is 10.1. The van der Waals surface area contributed by atoms with Crippen LogP contribution < -0.4 is 5.69 Å². The SMILES string of the molecule is O=C(O)CCCCCCCCn1cc(-c2ccccc2)n(-c2ccc(Cl)cc2)c1=O. The summed E-state index contributed by atoms with van der Waals surface area (Å²) < 4.78 is 3.51. The van der Waals surface area contributed by atoms with Crippen molar-refractivity contribution >= 4 is 17.6 Å². The number of imidazole rings is 1. The van der Waals surface area contributed by atoms with Crippen LogP contribution in [0.1, 0.15) is 44.9 Å². The summed E-state index contributed by atoms with van der Waals surface area (Å²) in [7, 11) is 0. The van der Waals surface area contributed by atoms with E-state index in [0.717, 1.165) is 55.5 Å². The smallest absolute Gasteiger partial charge is 0.333 e. The monoisotopic (exact) mass is 426 g/mol. The van der Waals surface area contributed by atoms with Gasteiger partial charge in [0, 0.05) is 29.7 Å². The molecule has 0 aliphatic carbocycles. The maximum atomic E-state index is 13.2. The van der Waals surface area contributed by atoms with E-state index in [0.29, 0.717) is 11.6 Å². The van der Waals surface area contributed by atoms with Gasteiger partial charge < -0.3 is 5.11 Å². The summed E-state index contributed by atoms with van der Waals surface area (Å²) in [4.78, 5) is 23.7. The van der Waals surface area contributed by atoms with E-state index in [1.807, 2.05) is 48.7 Å². The summed E-state index contributed by atoms with van der Waals surface area (Å²) in [6, 6.07) is 17.2. The molecule has 0 amide bonds. The molecule has 0 spiro atoms. The van der Waals surface area contributed by atoms with Crippen molar-refractivity contribution in [2.24, 2.45) is 0 Å². The van der Waals surface area contributed by atoms with Crippen molar-refractivity contribution in [2.75, 3.05) is 0 Å². The zero-order valence-electron chi connectivity index (χ0n) is 17.0. The standard InChI is InChI=1S/C24H27ClN2O3/c25-20-13-15-21(16-14-20)27-22(19-10-6-5-7-11-19)18-26(24(27)30)17-9-4-2-1-3-8-12-23(28)29/h5-7,10-11,13-16,18H,1-4,8-9,12,17H2,(H,28,29). The van der Waals surface area contributed by atoms with Gasteiger partial charge in [0.1, 0.15) is 0 Å². The molecule has 6 heteroatoms. The molecule has 0 bridgehead atoms. The van der Waals surface area contributed by atoms with E-state index in [2.05, 4.69) is 0 Å². The molecule has 1 aromatic heterocycles. The fourth-order valence-corrected chi connectivity index (χ4v) is 3.70. The number of rotatable bonds is 11. The minimum Gasteiger partial charge on any atom is -0.481 e. The second kappa shape index (κ2) is 10.8. The summed E-state index contributed by atoms with van der Waals surface area (Å²) >= 11 is 6.02. The summed E-state index contributed by atoms with van der Waals surface area (Å²) in [6.45, 7) is 0.661. The number of carboxylic acid groups (broad SMARTS) is 1. The lowest BCUT2D eigenvalue weighted by Crippen LogP contribution is -2.23. The van der Waals surface area contributed by atoms with Crippen molar-refractivity contribution in [1.29, 1.82) is 0 Å². The number of nitrogens with zero attached hydrogens (tertiary/aromatic N) is 2. The van der Waals surface area contributed by atoms with Gasteiger partial charge in [-0.15, -0.1) is 0 Å². The Morgan fingerprint density at radius 3 is 2.17 bits per heavy atom. The van der Waals surface area contributed by atoms with Gasteiger partial charge in [-0.1, -0.05) is 67.6 Å². The van der Waals surface area contributed by atoms with Crippen molar-refractivity contribution in [3.05, 3.63) is 76.3 Å². The van der Waals surface area contributed by atoms with Gasteiger partial charge in [-0.3, -0.25) is 13.9 Å². The number of carbonyl (C=O) groups is 1. The minimum absolute atomic E-state index is 0.0577. The highest BCUT2D eigenvalue weighted by molar-refractivity contribution is 6.30. The zero-order valence-corrected chi connectivity index (χ0v) is 17.7. The number of hydrogen-bond donors (Lipinski definition) is 1. The number of aliphatic carboxylic acids is 1. The normalized spacial score (nSPS) is 11.0. The van der Waals surface area contributed by atoms with Crippen LogP contribution in [0.25, 0.3) is 16.9 Å². The van der Waals surface area contributed by atoms with Crippen LogP contribution in [0.4, 0.5) is 0 Å². The predicted molar refractivity (Wildman–Crippen MR) is 120 cm³/mol. The molecular formula is C24H27ClN2O3. The van der Waals surface area contributed by atoms with Crippen LogP contribution in [-0.4, -0.2) is 20.2 Å². The molecular weight excluding hydrogens is 400 g/mol. The quantitative estimate of drug-likeness (QED) is 0.395. The molecule has 3 rings (SSSR count). The topological polar surface area (TPSA) is 64.2 Å². The van der Waals surface area contributed by atoms with E-state index in [-0.39, 0.29) is 12.1 Å². The Kier molecular flexibility index (Phi) is 7.91. The van der Waals surface area contributed by atoms with Crippen LogP contribution in [0.3, 0.4) is 0 Å². The predicted octanol–water partition coefficient (Wildman–Crippen LogP) is 5.77. The van der Waals surface area contributed by atoms with E-state index in [4.69, 9.17) is 16.7 Å². The number of aromatic nitrogens is 2. The molecule has 0 radical (unpaired) electrons. The molecule has 0 saturated heterocycles. The second-order valence-electron chi connectivity index (χ2n) is 7.43. The Bertz CT molecular complexity index is 1010. The molecule has 0 fully saturated rings. The first kappa shape index (κ1) is 21.9. The van der Waals surface area contributed by atoms with Gasteiger partial charge in [0.2, 0.25) is 0 Å². The molecule has 0 atom stereocenters. The van der Waals surface area contributed by atoms with Crippen LogP contribution in [0.5, 0.6) is 0 Å². The van der Waals surface area contributed by atoms with Crippen LogP contribution in [0.15, 0.2) is 65.6 Å². The van der Waals surface area contributed by atoms with Gasteiger partial charge in [-0.2, -0.15) is 0 Å². The van der Waals surface area contributed by atoms with Gasteiger partial charge >= 0.3 is 11.7 Å². The summed E-state index contributed by atoms with van der Waals surface area (Å²) in [5.41, 5.74) is 2.58. The average molecular weight is 427 g/mol. The molecule has 2 aromatic carbocycles. The lowest BCUT2D eigenvalue weighted by Gasteiger charge is -2.07. The van der Waals surface area contributed by atoms with E-state index >= 15 is 0 Å². The molecule has 3 aromatic rings. The van der Waals surface area contributed by atoms with Crippen LogP contribution in [-0.2, 0) is 11.3 Å². The van der Waals surface area contributed by atoms with Crippen LogP contribution >= 0.6 is 11.6 Å². The van der Waals surface area contributed by atoms with Gasteiger partial charge in [-0.25, -0.2) is 4.79 Å². The largest absolute Gasteiger partial charge is 0.481 e. The van der Waals surface area contributed by atoms with E-state index in [9.17, 15) is 9.59 Å². The molecule has 158 valence electrons. The Labute approximate surface area is 181 Å². The van der Waals surface area contributed by atoms with Gasteiger partial charge in [0.15, 0.2) is 0 Å². The first-order chi connectivity index (χ1) is 14.6. The third-order valence-electron chi connectivity index (χ3n) is 5.15. The molecule has 1 heterocycles. The van der Waals surface area contributed by atoms with E-state index < -0.39 is 5.97 Å². The Morgan fingerprint density at radius 2 is 1.50 bits per heavy atom. The highest BCUT2D eigenvalue weighted by Crippen LogP contribution is 2.23. The molecule has 30 heavy (non-hydrogen) atoms. The van der Waals surface area contributed by atoms with Gasteiger partial charge in [0.25, 0.3) is 0 Å². The number of carboxylic acids is 1. The Balaban J connectivity index is 1.69. The molecule has 1 N–H and O–H groups in total. The molecule has 0 unspecified atom stereocenters. The number of benzene rings is 2. The van der Waals surface area contributed by atoms with E-state index in [1.54, 1.807) is 21.3 Å². The van der Waals surface area contributed by atoms with Crippen LogP contribution in [0.2, 0.25) is 5.02 Å². The Morgan fingerprint density at radius 1 is 0.867 bits per heavy atom. The first-order valence-corrected chi connectivity index (χ1v) is 10.8. The zero-order chi connectivity index (χ0) is 21.3. The molecule has 0 aliphatic heterocycles. The van der Waals surface area contributed by atoms with Crippen molar-refractivity contribution in [3.8, 4) is 16.9 Å². The lowest BCUT2D eigenvalue weighted by molar-refractivity contribution is -0.137. The average Bonchev–Trinajstić information content (AvgIpc) is 3.07. The van der Waals surface area contributed by atoms with Crippen molar-refractivity contribution in [2.45, 2.75) is 51.5 Å². The minimum atomic E-state index is -0.728. The third kappa shape index (κ3) is 5.86. The first-order valence-electron chi connectivity index (χ1n) is 10.4. The number of halogens is 1. The molecule has 5 nitrogen and oxygen atoms in total. The second-order valence-corrected chi connectivity index (χ2v) is 7.87. The molecule has 0 saturated carbocycles. The summed E-state index contributed by atoms with van der Waals surface area (Å²) in [5.74, 6) is -0.728. The number of hydrogen-bond acceptors (Lipinski definition) is 2. The molecule has 0 aliphatic rings. The third-order valence-corrected chi connectivity index (χ3v) is 5.40. The summed E-state index contributed by atoms with van der Waals surface area (Å²) in [6.07, 6.45) is 7.87. The van der Waals surface area contributed by atoms with Crippen molar-refractivity contribution < 1.29 is 9.90 Å². The maximum absolute atomic E-state index is 13.2. The van der Waals surface area contributed by atoms with Crippen molar-refractivity contribution in [3.63, 3.8) is 0 Å².